The van der Waals surface area contributed by atoms with E-state index in [1.54, 1.807) is 18.3 Å². The SMILES string of the molecule is CC(C)C(C(=O)NCc1cc(F)ccn1)n1cc(-c2ccc(S(N)(=O)=O)cc2)nn1. The zero-order valence-electron chi connectivity index (χ0n) is 16.4. The second-order valence-electron chi connectivity index (χ2n) is 7.03. The average Bonchev–Trinajstić information content (AvgIpc) is 3.15. The van der Waals surface area contributed by atoms with Gasteiger partial charge in [0.1, 0.15) is 17.6 Å². The van der Waals surface area contributed by atoms with Crippen molar-refractivity contribution in [3.05, 3.63) is 60.3 Å². The molecule has 9 nitrogen and oxygen atoms in total. The van der Waals surface area contributed by atoms with Gasteiger partial charge in [-0.15, -0.1) is 5.10 Å². The fraction of sp³-hybridized carbons (Fsp3) is 0.263. The summed E-state index contributed by atoms with van der Waals surface area (Å²) in [5.74, 6) is -0.842. The second kappa shape index (κ2) is 8.67. The highest BCUT2D eigenvalue weighted by molar-refractivity contribution is 7.89. The number of nitrogens with one attached hydrogen (secondary N) is 1. The van der Waals surface area contributed by atoms with Gasteiger partial charge in [0.15, 0.2) is 0 Å². The van der Waals surface area contributed by atoms with Crippen LogP contribution in [0.25, 0.3) is 11.3 Å². The Morgan fingerprint density at radius 3 is 2.53 bits per heavy atom. The number of pyridine rings is 1. The molecule has 1 aromatic carbocycles. The van der Waals surface area contributed by atoms with Gasteiger partial charge in [0, 0.05) is 11.8 Å². The molecule has 0 aliphatic heterocycles. The Morgan fingerprint density at radius 2 is 1.93 bits per heavy atom. The van der Waals surface area contributed by atoms with Crippen LogP contribution in [-0.2, 0) is 21.4 Å². The van der Waals surface area contributed by atoms with E-state index in [1.165, 1.54) is 35.1 Å². The smallest absolute Gasteiger partial charge is 0.245 e. The van der Waals surface area contributed by atoms with Gasteiger partial charge in [-0.25, -0.2) is 22.6 Å². The molecule has 1 amide bonds. The zero-order chi connectivity index (χ0) is 21.9. The molecule has 0 fully saturated rings. The molecule has 0 bridgehead atoms. The first-order valence-corrected chi connectivity index (χ1v) is 10.6. The third-order valence-corrected chi connectivity index (χ3v) is 5.33. The number of hydrogen-bond donors (Lipinski definition) is 2. The Kier molecular flexibility index (Phi) is 6.22. The number of rotatable bonds is 7. The highest BCUT2D eigenvalue weighted by Gasteiger charge is 2.26. The van der Waals surface area contributed by atoms with Crippen LogP contribution in [0.5, 0.6) is 0 Å². The summed E-state index contributed by atoms with van der Waals surface area (Å²) in [6.45, 7) is 3.82. The highest BCUT2D eigenvalue weighted by atomic mass is 32.2. The second-order valence-corrected chi connectivity index (χ2v) is 8.59. The summed E-state index contributed by atoms with van der Waals surface area (Å²) in [5.41, 5.74) is 1.50. The number of hydrogen-bond acceptors (Lipinski definition) is 6. The van der Waals surface area contributed by atoms with E-state index >= 15 is 0 Å². The summed E-state index contributed by atoms with van der Waals surface area (Å²) >= 11 is 0. The summed E-state index contributed by atoms with van der Waals surface area (Å²) in [6, 6.07) is 7.72. The van der Waals surface area contributed by atoms with E-state index < -0.39 is 21.9 Å². The minimum absolute atomic E-state index is 0.0102. The van der Waals surface area contributed by atoms with Crippen LogP contribution in [0.4, 0.5) is 4.39 Å². The molecular formula is C19H21FN6O3S. The van der Waals surface area contributed by atoms with Gasteiger partial charge in [0.05, 0.1) is 23.3 Å². The van der Waals surface area contributed by atoms with Crippen molar-refractivity contribution in [2.24, 2.45) is 11.1 Å². The van der Waals surface area contributed by atoms with Crippen LogP contribution in [0.15, 0.2) is 53.7 Å². The van der Waals surface area contributed by atoms with E-state index in [0.29, 0.717) is 17.0 Å². The molecule has 11 heteroatoms. The predicted octanol–water partition coefficient (Wildman–Crippen LogP) is 1.64. The number of carbonyl (C=O) groups is 1. The molecule has 0 saturated heterocycles. The van der Waals surface area contributed by atoms with Gasteiger partial charge in [-0.2, -0.15) is 0 Å². The Morgan fingerprint density at radius 1 is 1.23 bits per heavy atom. The maximum atomic E-state index is 13.3. The average molecular weight is 432 g/mol. The molecule has 3 rings (SSSR count). The maximum absolute atomic E-state index is 13.3. The molecule has 0 radical (unpaired) electrons. The molecule has 2 aromatic heterocycles. The van der Waals surface area contributed by atoms with Crippen molar-refractivity contribution >= 4 is 15.9 Å². The number of nitrogens with two attached hydrogens (primary N) is 1. The van der Waals surface area contributed by atoms with Gasteiger partial charge in [-0.05, 0) is 30.2 Å². The molecular weight excluding hydrogens is 411 g/mol. The topological polar surface area (TPSA) is 133 Å². The third kappa shape index (κ3) is 5.05. The van der Waals surface area contributed by atoms with Gasteiger partial charge in [-0.3, -0.25) is 9.78 Å². The molecule has 0 saturated carbocycles. The number of nitrogens with zero attached hydrogens (tertiary/aromatic N) is 4. The maximum Gasteiger partial charge on any atom is 0.245 e. The Hall–Kier alpha value is -3.18. The highest BCUT2D eigenvalue weighted by Crippen LogP contribution is 2.22. The molecule has 30 heavy (non-hydrogen) atoms. The number of primary sulfonamides is 1. The first kappa shape index (κ1) is 21.5. The molecule has 0 spiro atoms. The number of carbonyl (C=O) groups excluding carboxylic acids is 1. The molecule has 3 aromatic rings. The van der Waals surface area contributed by atoms with Gasteiger partial charge in [0.25, 0.3) is 0 Å². The van der Waals surface area contributed by atoms with Crippen molar-refractivity contribution < 1.29 is 17.6 Å². The summed E-state index contributed by atoms with van der Waals surface area (Å²) in [5, 5.41) is 16.0. The zero-order valence-corrected chi connectivity index (χ0v) is 17.2. The fourth-order valence-corrected chi connectivity index (χ4v) is 3.43. The van der Waals surface area contributed by atoms with Crippen LogP contribution in [0.2, 0.25) is 0 Å². The molecule has 1 atom stereocenters. The van der Waals surface area contributed by atoms with Crippen LogP contribution in [0.3, 0.4) is 0 Å². The number of benzene rings is 1. The van der Waals surface area contributed by atoms with E-state index in [4.69, 9.17) is 5.14 Å². The Balaban J connectivity index is 1.77. The van der Waals surface area contributed by atoms with Crippen molar-refractivity contribution in [2.45, 2.75) is 31.3 Å². The number of sulfonamides is 1. The third-order valence-electron chi connectivity index (χ3n) is 4.40. The minimum Gasteiger partial charge on any atom is -0.349 e. The fourth-order valence-electron chi connectivity index (χ4n) is 2.92. The largest absolute Gasteiger partial charge is 0.349 e. The lowest BCUT2D eigenvalue weighted by atomic mass is 10.0. The lowest BCUT2D eigenvalue weighted by Crippen LogP contribution is -2.35. The van der Waals surface area contributed by atoms with Gasteiger partial charge >= 0.3 is 0 Å². The van der Waals surface area contributed by atoms with Gasteiger partial charge in [0.2, 0.25) is 15.9 Å². The first-order valence-electron chi connectivity index (χ1n) is 9.08. The standard InChI is InChI=1S/C19H21FN6O3S/c1-12(2)18(19(27)23-10-15-9-14(20)7-8-22-15)26-11-17(24-25-26)13-3-5-16(6-4-13)30(21,28)29/h3-9,11-12,18H,10H2,1-2H3,(H,23,27)(H2,21,28,29). The number of halogens is 1. The number of aromatic nitrogens is 4. The van der Waals surface area contributed by atoms with E-state index in [9.17, 15) is 17.6 Å². The van der Waals surface area contributed by atoms with Crippen LogP contribution < -0.4 is 10.5 Å². The molecule has 0 aliphatic rings. The molecule has 1 unspecified atom stereocenters. The van der Waals surface area contributed by atoms with E-state index in [2.05, 4.69) is 20.6 Å². The van der Waals surface area contributed by atoms with Crippen molar-refractivity contribution in [1.82, 2.24) is 25.3 Å². The van der Waals surface area contributed by atoms with E-state index in [-0.39, 0.29) is 23.3 Å². The van der Waals surface area contributed by atoms with Crippen LogP contribution in [0.1, 0.15) is 25.6 Å². The quantitative estimate of drug-likeness (QED) is 0.583. The normalized spacial score (nSPS) is 12.7. The van der Waals surface area contributed by atoms with E-state index in [0.717, 1.165) is 0 Å². The molecule has 0 aliphatic carbocycles. The van der Waals surface area contributed by atoms with Crippen LogP contribution in [-0.4, -0.2) is 34.3 Å². The Bertz CT molecular complexity index is 1150. The van der Waals surface area contributed by atoms with Crippen molar-refractivity contribution in [1.29, 1.82) is 0 Å². The van der Waals surface area contributed by atoms with Crippen molar-refractivity contribution in [3.8, 4) is 11.3 Å². The molecule has 158 valence electrons. The summed E-state index contributed by atoms with van der Waals surface area (Å²) in [6.07, 6.45) is 2.94. The van der Waals surface area contributed by atoms with Crippen LogP contribution >= 0.6 is 0 Å². The van der Waals surface area contributed by atoms with Gasteiger partial charge in [-0.1, -0.05) is 31.2 Å². The van der Waals surface area contributed by atoms with E-state index in [1.807, 2.05) is 13.8 Å². The summed E-state index contributed by atoms with van der Waals surface area (Å²) in [7, 11) is -3.79. The van der Waals surface area contributed by atoms with Gasteiger partial charge < -0.3 is 5.32 Å². The first-order chi connectivity index (χ1) is 14.1. The van der Waals surface area contributed by atoms with Crippen LogP contribution in [0, 0.1) is 11.7 Å². The summed E-state index contributed by atoms with van der Waals surface area (Å²) < 4.78 is 37.5. The molecule has 3 N–H and O–H groups in total. The predicted molar refractivity (Wildman–Crippen MR) is 107 cm³/mol. The summed E-state index contributed by atoms with van der Waals surface area (Å²) in [4.78, 5) is 16.7. The Labute approximate surface area is 173 Å². The number of amides is 1. The lowest BCUT2D eigenvalue weighted by molar-refractivity contribution is -0.126. The lowest BCUT2D eigenvalue weighted by Gasteiger charge is -2.20. The minimum atomic E-state index is -3.79. The van der Waals surface area contributed by atoms with Crippen molar-refractivity contribution in [3.63, 3.8) is 0 Å². The van der Waals surface area contributed by atoms with Crippen molar-refractivity contribution in [2.75, 3.05) is 0 Å². The molecule has 2 heterocycles. The monoisotopic (exact) mass is 432 g/mol.